The van der Waals surface area contributed by atoms with Crippen molar-refractivity contribution in [2.24, 2.45) is 0 Å². The van der Waals surface area contributed by atoms with E-state index in [1.54, 1.807) is 11.3 Å². The molecule has 0 fully saturated rings. The van der Waals surface area contributed by atoms with E-state index in [9.17, 15) is 0 Å². The third-order valence-corrected chi connectivity index (χ3v) is 5.21. The number of hydrogen-bond donors (Lipinski definition) is 0. The SMILES string of the molecule is c1ncc(-c2cn3c4c(sc3n2)CCCC4)s1. The molecule has 3 heterocycles. The van der Waals surface area contributed by atoms with Crippen LogP contribution in [0.15, 0.2) is 17.9 Å². The minimum atomic E-state index is 1.06. The lowest BCUT2D eigenvalue weighted by atomic mass is 10.0. The van der Waals surface area contributed by atoms with Crippen LogP contribution in [0.2, 0.25) is 0 Å². The molecular formula is C12H11N3S2. The van der Waals surface area contributed by atoms with E-state index < -0.39 is 0 Å². The summed E-state index contributed by atoms with van der Waals surface area (Å²) in [7, 11) is 0. The predicted molar refractivity (Wildman–Crippen MR) is 70.8 cm³/mol. The zero-order valence-electron chi connectivity index (χ0n) is 9.22. The molecule has 0 bridgehead atoms. The van der Waals surface area contributed by atoms with Gasteiger partial charge < -0.3 is 0 Å². The van der Waals surface area contributed by atoms with Crippen LogP contribution in [-0.4, -0.2) is 14.4 Å². The quantitative estimate of drug-likeness (QED) is 0.672. The molecule has 0 saturated heterocycles. The normalized spacial score (nSPS) is 15.3. The zero-order chi connectivity index (χ0) is 11.2. The molecule has 0 spiro atoms. The Labute approximate surface area is 107 Å². The Morgan fingerprint density at radius 2 is 2.18 bits per heavy atom. The molecule has 0 radical (unpaired) electrons. The van der Waals surface area contributed by atoms with Crippen LogP contribution in [0.5, 0.6) is 0 Å². The fourth-order valence-electron chi connectivity index (χ4n) is 2.43. The number of nitrogens with zero attached hydrogens (tertiary/aromatic N) is 3. The Kier molecular flexibility index (Phi) is 2.10. The molecule has 1 aliphatic carbocycles. The van der Waals surface area contributed by atoms with Crippen LogP contribution in [0, 0.1) is 0 Å². The average Bonchev–Trinajstić information content (AvgIpc) is 3.03. The summed E-state index contributed by atoms with van der Waals surface area (Å²) in [6.07, 6.45) is 9.14. The summed E-state index contributed by atoms with van der Waals surface area (Å²) in [5.41, 5.74) is 4.41. The monoisotopic (exact) mass is 261 g/mol. The molecule has 86 valence electrons. The van der Waals surface area contributed by atoms with Crippen molar-refractivity contribution in [1.29, 1.82) is 0 Å². The summed E-state index contributed by atoms with van der Waals surface area (Å²) in [5.74, 6) is 0. The van der Waals surface area contributed by atoms with Gasteiger partial charge in [-0.1, -0.05) is 0 Å². The summed E-state index contributed by atoms with van der Waals surface area (Å²) >= 11 is 3.50. The van der Waals surface area contributed by atoms with E-state index in [4.69, 9.17) is 4.98 Å². The number of aryl methyl sites for hydroxylation is 2. The van der Waals surface area contributed by atoms with Crippen molar-refractivity contribution in [2.45, 2.75) is 25.7 Å². The molecule has 1 aliphatic rings. The number of thiazole rings is 2. The zero-order valence-corrected chi connectivity index (χ0v) is 10.9. The molecule has 3 aromatic rings. The van der Waals surface area contributed by atoms with Crippen molar-refractivity contribution in [1.82, 2.24) is 14.4 Å². The Bertz CT molecular complexity index is 663. The van der Waals surface area contributed by atoms with Gasteiger partial charge in [-0.05, 0) is 25.7 Å². The van der Waals surface area contributed by atoms with Gasteiger partial charge in [0.15, 0.2) is 4.96 Å². The van der Waals surface area contributed by atoms with E-state index in [1.165, 1.54) is 36.3 Å². The largest absolute Gasteiger partial charge is 0.294 e. The molecule has 0 aromatic carbocycles. The summed E-state index contributed by atoms with van der Waals surface area (Å²) in [5, 5.41) is 0. The first-order chi connectivity index (χ1) is 8.42. The fraction of sp³-hybridized carbons (Fsp3) is 0.333. The smallest absolute Gasteiger partial charge is 0.194 e. The highest BCUT2D eigenvalue weighted by atomic mass is 32.1. The van der Waals surface area contributed by atoms with Gasteiger partial charge in [0.2, 0.25) is 0 Å². The van der Waals surface area contributed by atoms with Crippen LogP contribution in [0.3, 0.4) is 0 Å². The third-order valence-electron chi connectivity index (χ3n) is 3.25. The third kappa shape index (κ3) is 1.46. The van der Waals surface area contributed by atoms with Crippen molar-refractivity contribution in [3.05, 3.63) is 28.5 Å². The summed E-state index contributed by atoms with van der Waals surface area (Å²) in [6, 6.07) is 0. The summed E-state index contributed by atoms with van der Waals surface area (Å²) in [4.78, 5) is 12.7. The number of aromatic nitrogens is 3. The van der Waals surface area contributed by atoms with Crippen molar-refractivity contribution in [2.75, 3.05) is 0 Å². The fourth-order valence-corrected chi connectivity index (χ4v) is 4.19. The van der Waals surface area contributed by atoms with Crippen molar-refractivity contribution < 1.29 is 0 Å². The van der Waals surface area contributed by atoms with Gasteiger partial charge in [0.1, 0.15) is 5.69 Å². The van der Waals surface area contributed by atoms with E-state index in [1.807, 2.05) is 23.0 Å². The first-order valence-electron chi connectivity index (χ1n) is 5.80. The molecule has 5 heteroatoms. The summed E-state index contributed by atoms with van der Waals surface area (Å²) in [6.45, 7) is 0. The molecule has 4 rings (SSSR count). The van der Waals surface area contributed by atoms with E-state index >= 15 is 0 Å². The van der Waals surface area contributed by atoms with E-state index in [2.05, 4.69) is 15.6 Å². The second-order valence-corrected chi connectivity index (χ2v) is 6.27. The Morgan fingerprint density at radius 3 is 3.06 bits per heavy atom. The maximum atomic E-state index is 4.71. The standard InChI is InChI=1S/C12H11N3S2/c1-2-4-10-9(3-1)15-6-8(14-12(15)17-10)11-5-13-7-16-11/h5-7H,1-4H2. The average molecular weight is 261 g/mol. The summed E-state index contributed by atoms with van der Waals surface area (Å²) < 4.78 is 2.29. The van der Waals surface area contributed by atoms with Gasteiger partial charge in [-0.15, -0.1) is 22.7 Å². The van der Waals surface area contributed by atoms with Gasteiger partial charge in [0.25, 0.3) is 0 Å². The van der Waals surface area contributed by atoms with Gasteiger partial charge in [-0.2, -0.15) is 0 Å². The Hall–Kier alpha value is -1.20. The van der Waals surface area contributed by atoms with Crippen LogP contribution < -0.4 is 0 Å². The Morgan fingerprint density at radius 1 is 1.24 bits per heavy atom. The first-order valence-corrected chi connectivity index (χ1v) is 7.50. The van der Waals surface area contributed by atoms with Gasteiger partial charge in [0.05, 0.1) is 10.4 Å². The molecule has 3 aromatic heterocycles. The highest BCUT2D eigenvalue weighted by Crippen LogP contribution is 2.32. The molecule has 0 atom stereocenters. The molecule has 0 saturated carbocycles. The molecule has 3 nitrogen and oxygen atoms in total. The van der Waals surface area contributed by atoms with Crippen molar-refractivity contribution in [3.8, 4) is 10.6 Å². The van der Waals surface area contributed by atoms with Gasteiger partial charge in [-0.25, -0.2) is 4.98 Å². The number of rotatable bonds is 1. The number of hydrogen-bond acceptors (Lipinski definition) is 4. The van der Waals surface area contributed by atoms with E-state index in [0.717, 1.165) is 15.5 Å². The maximum Gasteiger partial charge on any atom is 0.194 e. The topological polar surface area (TPSA) is 30.2 Å². The molecule has 17 heavy (non-hydrogen) atoms. The lowest BCUT2D eigenvalue weighted by molar-refractivity contribution is 0.674. The second-order valence-electron chi connectivity index (χ2n) is 4.32. The molecule has 0 N–H and O–H groups in total. The van der Waals surface area contributed by atoms with Crippen molar-refractivity contribution >= 4 is 27.6 Å². The second kappa shape index (κ2) is 3.65. The van der Waals surface area contributed by atoms with Crippen LogP contribution in [0.1, 0.15) is 23.4 Å². The first kappa shape index (κ1) is 9.79. The molecule has 0 aliphatic heterocycles. The minimum absolute atomic E-state index is 1.06. The number of imidazole rings is 1. The maximum absolute atomic E-state index is 4.71. The molecular weight excluding hydrogens is 250 g/mol. The van der Waals surface area contributed by atoms with E-state index in [-0.39, 0.29) is 0 Å². The molecule has 0 unspecified atom stereocenters. The lowest BCUT2D eigenvalue weighted by Gasteiger charge is -2.09. The van der Waals surface area contributed by atoms with Gasteiger partial charge in [-0.3, -0.25) is 9.38 Å². The van der Waals surface area contributed by atoms with Crippen LogP contribution in [0.25, 0.3) is 15.5 Å². The van der Waals surface area contributed by atoms with Crippen molar-refractivity contribution in [3.63, 3.8) is 0 Å². The van der Waals surface area contributed by atoms with Gasteiger partial charge >= 0.3 is 0 Å². The predicted octanol–water partition coefficient (Wildman–Crippen LogP) is 3.40. The highest BCUT2D eigenvalue weighted by Gasteiger charge is 2.18. The Balaban J connectivity index is 1.91. The lowest BCUT2D eigenvalue weighted by Crippen LogP contribution is -2.01. The minimum Gasteiger partial charge on any atom is -0.294 e. The number of fused-ring (bicyclic) bond motifs is 3. The molecule has 0 amide bonds. The van der Waals surface area contributed by atoms with Crippen LogP contribution in [0.4, 0.5) is 0 Å². The van der Waals surface area contributed by atoms with Gasteiger partial charge in [0, 0.05) is 23.0 Å². The van der Waals surface area contributed by atoms with Crippen LogP contribution >= 0.6 is 22.7 Å². The van der Waals surface area contributed by atoms with Crippen LogP contribution in [-0.2, 0) is 12.8 Å². The van der Waals surface area contributed by atoms with E-state index in [0.29, 0.717) is 0 Å². The highest BCUT2D eigenvalue weighted by molar-refractivity contribution is 7.17.